The fraction of sp³-hybridized carbons (Fsp3) is 0.333. The molecule has 0 aliphatic heterocycles. The summed E-state index contributed by atoms with van der Waals surface area (Å²) in [7, 11) is 0. The number of nitrogens with zero attached hydrogens (tertiary/aromatic N) is 3. The first-order chi connectivity index (χ1) is 9.88. The Morgan fingerprint density at radius 2 is 2.00 bits per heavy atom. The van der Waals surface area contributed by atoms with Crippen LogP contribution in [0.15, 0.2) is 6.20 Å². The van der Waals surface area contributed by atoms with Gasteiger partial charge in [-0.1, -0.05) is 60.0 Å². The van der Waals surface area contributed by atoms with Gasteiger partial charge in [0.2, 0.25) is 5.13 Å². The summed E-state index contributed by atoms with van der Waals surface area (Å²) < 4.78 is 0. The number of carbonyl (C=O) groups excluding carboxylic acids is 1. The maximum atomic E-state index is 12.1. The monoisotopic (exact) mass is 364 g/mol. The lowest BCUT2D eigenvalue weighted by Crippen LogP contribution is -2.14. The lowest BCUT2D eigenvalue weighted by molar-refractivity contribution is 0.102. The molecule has 0 fully saturated rings. The quantitative estimate of drug-likeness (QED) is 0.875. The molecule has 1 amide bonds. The van der Waals surface area contributed by atoms with E-state index >= 15 is 0 Å². The van der Waals surface area contributed by atoms with Crippen molar-refractivity contribution >= 4 is 57.2 Å². The molecule has 0 bridgehead atoms. The van der Waals surface area contributed by atoms with Crippen LogP contribution in [0.4, 0.5) is 5.13 Å². The molecule has 2 aromatic heterocycles. The summed E-state index contributed by atoms with van der Waals surface area (Å²) in [5.74, 6) is -0.0431. The van der Waals surface area contributed by atoms with E-state index in [2.05, 4.69) is 34.3 Å². The minimum absolute atomic E-state index is 0.00771. The highest BCUT2D eigenvalue weighted by Crippen LogP contribution is 2.31. The van der Waals surface area contributed by atoms with Crippen molar-refractivity contribution in [3.63, 3.8) is 0 Å². The fourth-order valence-electron chi connectivity index (χ4n) is 1.49. The lowest BCUT2D eigenvalue weighted by Gasteiger charge is -2.05. The van der Waals surface area contributed by atoms with E-state index in [-0.39, 0.29) is 20.8 Å². The van der Waals surface area contributed by atoms with Crippen LogP contribution in [0.25, 0.3) is 0 Å². The molecule has 112 valence electrons. The molecule has 0 atom stereocenters. The molecule has 21 heavy (non-hydrogen) atoms. The van der Waals surface area contributed by atoms with Gasteiger partial charge in [-0.2, -0.15) is 0 Å². The molecule has 2 heterocycles. The van der Waals surface area contributed by atoms with Gasteiger partial charge in [-0.25, -0.2) is 4.98 Å². The molecule has 0 aromatic carbocycles. The number of hydrogen-bond donors (Lipinski definition) is 1. The molecule has 1 N–H and O–H groups in total. The molecule has 9 heteroatoms. The summed E-state index contributed by atoms with van der Waals surface area (Å²) in [4.78, 5) is 16.0. The maximum absolute atomic E-state index is 12.1. The third kappa shape index (κ3) is 4.03. The summed E-state index contributed by atoms with van der Waals surface area (Å²) >= 11 is 18.9. The molecule has 2 rings (SSSR count). The summed E-state index contributed by atoms with van der Waals surface area (Å²) in [6.07, 6.45) is 2.08. The van der Waals surface area contributed by atoms with Gasteiger partial charge >= 0.3 is 0 Å². The second-order valence-electron chi connectivity index (χ2n) is 4.64. The van der Waals surface area contributed by atoms with Crippen LogP contribution in [0.5, 0.6) is 0 Å². The molecule has 0 radical (unpaired) electrons. The Hall–Kier alpha value is -0.950. The zero-order valence-electron chi connectivity index (χ0n) is 11.2. The molecule has 0 saturated heterocycles. The number of anilines is 1. The summed E-state index contributed by atoms with van der Waals surface area (Å²) in [5.41, 5.74) is -0.00771. The SMILES string of the molecule is CC(C)Cc1nnc(NC(=O)c2ncc(Cl)c(Cl)c2Cl)s1. The van der Waals surface area contributed by atoms with Gasteiger partial charge in [-0.15, -0.1) is 10.2 Å². The molecular formula is C12H11Cl3N4OS. The van der Waals surface area contributed by atoms with Gasteiger partial charge in [0.15, 0.2) is 0 Å². The number of carbonyl (C=O) groups is 1. The number of hydrogen-bond acceptors (Lipinski definition) is 5. The van der Waals surface area contributed by atoms with E-state index in [1.54, 1.807) is 0 Å². The molecule has 5 nitrogen and oxygen atoms in total. The van der Waals surface area contributed by atoms with Crippen molar-refractivity contribution in [3.8, 4) is 0 Å². The number of rotatable bonds is 4. The highest BCUT2D eigenvalue weighted by atomic mass is 35.5. The Kier molecular flexibility index (Phi) is 5.37. The highest BCUT2D eigenvalue weighted by Gasteiger charge is 2.18. The molecular weight excluding hydrogens is 355 g/mol. The van der Waals surface area contributed by atoms with Crippen LogP contribution >= 0.6 is 46.1 Å². The van der Waals surface area contributed by atoms with E-state index in [1.807, 2.05) is 0 Å². The van der Waals surface area contributed by atoms with Gasteiger partial charge in [0.25, 0.3) is 5.91 Å². The molecule has 0 saturated carbocycles. The summed E-state index contributed by atoms with van der Waals surface area (Å²) in [6.45, 7) is 4.16. The first-order valence-corrected chi connectivity index (χ1v) is 7.96. The largest absolute Gasteiger partial charge is 0.295 e. The molecule has 0 aliphatic carbocycles. The molecule has 0 spiro atoms. The van der Waals surface area contributed by atoms with E-state index in [0.717, 1.165) is 11.4 Å². The Bertz CT molecular complexity index is 675. The van der Waals surface area contributed by atoms with Crippen molar-refractivity contribution in [2.75, 3.05) is 5.32 Å². The Balaban J connectivity index is 2.15. The van der Waals surface area contributed by atoms with Gasteiger partial charge in [-0.05, 0) is 5.92 Å². The van der Waals surface area contributed by atoms with Crippen molar-refractivity contribution in [3.05, 3.63) is 32.0 Å². The van der Waals surface area contributed by atoms with E-state index in [1.165, 1.54) is 17.5 Å². The van der Waals surface area contributed by atoms with Gasteiger partial charge in [-0.3, -0.25) is 10.1 Å². The van der Waals surface area contributed by atoms with Gasteiger partial charge < -0.3 is 0 Å². The maximum Gasteiger partial charge on any atom is 0.277 e. The van der Waals surface area contributed by atoms with Gasteiger partial charge in [0, 0.05) is 12.6 Å². The molecule has 0 aliphatic rings. The topological polar surface area (TPSA) is 67.8 Å². The van der Waals surface area contributed by atoms with Gasteiger partial charge in [0.05, 0.1) is 15.1 Å². The van der Waals surface area contributed by atoms with E-state index < -0.39 is 5.91 Å². The van der Waals surface area contributed by atoms with Crippen LogP contribution in [0.2, 0.25) is 15.1 Å². The average Bonchev–Trinajstić information content (AvgIpc) is 2.82. The zero-order chi connectivity index (χ0) is 15.6. The zero-order valence-corrected chi connectivity index (χ0v) is 14.2. The number of halogens is 3. The lowest BCUT2D eigenvalue weighted by atomic mass is 10.1. The minimum atomic E-state index is -0.509. The second kappa shape index (κ2) is 6.87. The van der Waals surface area contributed by atoms with Crippen molar-refractivity contribution < 1.29 is 4.79 Å². The van der Waals surface area contributed by atoms with Crippen molar-refractivity contribution in [1.82, 2.24) is 15.2 Å². The fourth-order valence-corrected chi connectivity index (χ4v) is 3.01. The smallest absolute Gasteiger partial charge is 0.277 e. The van der Waals surface area contributed by atoms with Crippen LogP contribution in [-0.2, 0) is 6.42 Å². The van der Waals surface area contributed by atoms with Crippen LogP contribution in [-0.4, -0.2) is 21.1 Å². The van der Waals surface area contributed by atoms with Crippen LogP contribution < -0.4 is 5.32 Å². The number of amides is 1. The second-order valence-corrected chi connectivity index (χ2v) is 6.86. The predicted octanol–water partition coefficient (Wildman–Crippen LogP) is 4.34. The Morgan fingerprint density at radius 3 is 2.67 bits per heavy atom. The average molecular weight is 366 g/mol. The van der Waals surface area contributed by atoms with Crippen LogP contribution in [0.3, 0.4) is 0 Å². The number of pyridine rings is 1. The van der Waals surface area contributed by atoms with Crippen molar-refractivity contribution in [2.24, 2.45) is 5.92 Å². The van der Waals surface area contributed by atoms with E-state index in [4.69, 9.17) is 34.8 Å². The third-order valence-electron chi connectivity index (χ3n) is 2.40. The van der Waals surface area contributed by atoms with E-state index in [0.29, 0.717) is 11.0 Å². The normalized spacial score (nSPS) is 11.0. The first kappa shape index (κ1) is 16.4. The summed E-state index contributed by atoms with van der Waals surface area (Å²) in [5, 5.41) is 12.1. The highest BCUT2D eigenvalue weighted by molar-refractivity contribution is 7.15. The predicted molar refractivity (Wildman–Crippen MR) is 85.7 cm³/mol. The Morgan fingerprint density at radius 1 is 1.29 bits per heavy atom. The number of aromatic nitrogens is 3. The van der Waals surface area contributed by atoms with Crippen molar-refractivity contribution in [1.29, 1.82) is 0 Å². The Labute approximate surface area is 140 Å². The van der Waals surface area contributed by atoms with Gasteiger partial charge in [0.1, 0.15) is 10.7 Å². The van der Waals surface area contributed by atoms with Crippen LogP contribution in [0.1, 0.15) is 29.3 Å². The molecule has 2 aromatic rings. The minimum Gasteiger partial charge on any atom is -0.295 e. The van der Waals surface area contributed by atoms with E-state index in [9.17, 15) is 4.79 Å². The first-order valence-electron chi connectivity index (χ1n) is 6.01. The standard InChI is InChI=1S/C12H11Cl3N4OS/c1-5(2)3-7-18-19-12(21-7)17-11(20)10-9(15)8(14)6(13)4-16-10/h4-5H,3H2,1-2H3,(H,17,19,20). The molecule has 0 unspecified atom stereocenters. The third-order valence-corrected chi connectivity index (χ3v) is 4.50. The number of nitrogens with one attached hydrogen (secondary N) is 1. The summed E-state index contributed by atoms with van der Waals surface area (Å²) in [6, 6.07) is 0. The van der Waals surface area contributed by atoms with Crippen molar-refractivity contribution in [2.45, 2.75) is 20.3 Å². The van der Waals surface area contributed by atoms with Crippen LogP contribution in [0, 0.1) is 5.92 Å².